The second kappa shape index (κ2) is 8.20. The standard InChI is InChI=1S/C20H17F2N3O/c21-17-7-5-14(6-8-17)10-24-18-9-16(11-23-13-18)20(26)25-12-15-3-1-2-4-19(15)22/h1-9,11,13,24H,10,12H2,(H,25,26). The number of nitrogens with one attached hydrogen (secondary N) is 2. The van der Waals surface area contributed by atoms with Crippen molar-refractivity contribution < 1.29 is 13.6 Å². The van der Waals surface area contributed by atoms with Gasteiger partial charge in [0.05, 0.1) is 11.3 Å². The van der Waals surface area contributed by atoms with E-state index in [1.54, 1.807) is 42.6 Å². The van der Waals surface area contributed by atoms with Gasteiger partial charge in [-0.25, -0.2) is 8.78 Å². The number of anilines is 1. The summed E-state index contributed by atoms with van der Waals surface area (Å²) in [7, 11) is 0. The molecule has 26 heavy (non-hydrogen) atoms. The molecule has 1 heterocycles. The Labute approximate surface area is 149 Å². The third-order valence-corrected chi connectivity index (χ3v) is 3.81. The molecular weight excluding hydrogens is 336 g/mol. The fourth-order valence-electron chi connectivity index (χ4n) is 2.39. The van der Waals surface area contributed by atoms with Gasteiger partial charge in [-0.2, -0.15) is 0 Å². The summed E-state index contributed by atoms with van der Waals surface area (Å²) < 4.78 is 26.5. The van der Waals surface area contributed by atoms with Gasteiger partial charge in [-0.15, -0.1) is 0 Å². The predicted molar refractivity (Wildman–Crippen MR) is 95.5 cm³/mol. The summed E-state index contributed by atoms with van der Waals surface area (Å²) in [5.74, 6) is -0.990. The molecule has 0 spiro atoms. The van der Waals surface area contributed by atoms with Crippen LogP contribution < -0.4 is 10.6 Å². The Morgan fingerprint density at radius 2 is 1.73 bits per heavy atom. The van der Waals surface area contributed by atoms with Crippen molar-refractivity contribution in [2.45, 2.75) is 13.1 Å². The lowest BCUT2D eigenvalue weighted by Gasteiger charge is -2.09. The molecule has 4 nitrogen and oxygen atoms in total. The number of carbonyl (C=O) groups excluding carboxylic acids is 1. The first-order valence-electron chi connectivity index (χ1n) is 8.07. The molecule has 0 radical (unpaired) electrons. The van der Waals surface area contributed by atoms with Crippen LogP contribution in [0.15, 0.2) is 67.0 Å². The Balaban J connectivity index is 1.60. The van der Waals surface area contributed by atoms with Crippen LogP contribution in [0.3, 0.4) is 0 Å². The molecule has 3 rings (SSSR count). The number of nitrogens with zero attached hydrogens (tertiary/aromatic N) is 1. The average Bonchev–Trinajstić information content (AvgIpc) is 2.67. The number of carbonyl (C=O) groups is 1. The number of amides is 1. The van der Waals surface area contributed by atoms with E-state index in [9.17, 15) is 13.6 Å². The van der Waals surface area contributed by atoms with E-state index in [1.165, 1.54) is 24.4 Å². The van der Waals surface area contributed by atoms with Crippen LogP contribution in [0.1, 0.15) is 21.5 Å². The van der Waals surface area contributed by atoms with Gasteiger partial charge in [0.25, 0.3) is 5.91 Å². The molecule has 0 fully saturated rings. The number of hydrogen-bond acceptors (Lipinski definition) is 3. The molecule has 0 bridgehead atoms. The number of pyridine rings is 1. The van der Waals surface area contributed by atoms with Crippen LogP contribution in [-0.4, -0.2) is 10.9 Å². The highest BCUT2D eigenvalue weighted by molar-refractivity contribution is 5.94. The molecule has 2 aromatic carbocycles. The summed E-state index contributed by atoms with van der Waals surface area (Å²) in [5, 5.41) is 5.81. The summed E-state index contributed by atoms with van der Waals surface area (Å²) in [5.41, 5.74) is 2.35. The van der Waals surface area contributed by atoms with E-state index in [4.69, 9.17) is 0 Å². The molecule has 3 aromatic rings. The van der Waals surface area contributed by atoms with Crippen molar-refractivity contribution in [1.82, 2.24) is 10.3 Å². The molecule has 132 valence electrons. The monoisotopic (exact) mass is 353 g/mol. The van der Waals surface area contributed by atoms with E-state index >= 15 is 0 Å². The first-order chi connectivity index (χ1) is 12.6. The van der Waals surface area contributed by atoms with E-state index in [1.807, 2.05) is 0 Å². The van der Waals surface area contributed by atoms with Gasteiger partial charge in [-0.1, -0.05) is 30.3 Å². The molecule has 0 atom stereocenters. The van der Waals surface area contributed by atoms with Gasteiger partial charge < -0.3 is 10.6 Å². The van der Waals surface area contributed by atoms with Crippen molar-refractivity contribution in [2.24, 2.45) is 0 Å². The first kappa shape index (κ1) is 17.5. The van der Waals surface area contributed by atoms with Gasteiger partial charge in [0.15, 0.2) is 0 Å². The van der Waals surface area contributed by atoms with Crippen LogP contribution in [0.2, 0.25) is 0 Å². The molecule has 0 aliphatic heterocycles. The van der Waals surface area contributed by atoms with Gasteiger partial charge in [0, 0.05) is 31.0 Å². The van der Waals surface area contributed by atoms with Crippen molar-refractivity contribution in [3.8, 4) is 0 Å². The SMILES string of the molecule is O=C(NCc1ccccc1F)c1cncc(NCc2ccc(F)cc2)c1. The second-order valence-corrected chi connectivity index (χ2v) is 5.72. The molecule has 2 N–H and O–H groups in total. The smallest absolute Gasteiger partial charge is 0.253 e. The molecular formula is C20H17F2N3O. The first-order valence-corrected chi connectivity index (χ1v) is 8.07. The third-order valence-electron chi connectivity index (χ3n) is 3.81. The fourth-order valence-corrected chi connectivity index (χ4v) is 2.39. The third kappa shape index (κ3) is 4.63. The van der Waals surface area contributed by atoms with Gasteiger partial charge in [0.2, 0.25) is 0 Å². The number of hydrogen-bond donors (Lipinski definition) is 2. The predicted octanol–water partition coefficient (Wildman–Crippen LogP) is 3.90. The summed E-state index contributed by atoms with van der Waals surface area (Å²) >= 11 is 0. The maximum atomic E-state index is 13.6. The molecule has 1 aromatic heterocycles. The summed E-state index contributed by atoms with van der Waals surface area (Å²) in [6, 6.07) is 14.1. The molecule has 0 saturated heterocycles. The van der Waals surface area contributed by atoms with Crippen molar-refractivity contribution >= 4 is 11.6 Å². The van der Waals surface area contributed by atoms with Gasteiger partial charge in [0.1, 0.15) is 11.6 Å². The van der Waals surface area contributed by atoms with Gasteiger partial charge in [-0.3, -0.25) is 9.78 Å². The van der Waals surface area contributed by atoms with Crippen LogP contribution in [0.4, 0.5) is 14.5 Å². The average molecular weight is 353 g/mol. The highest BCUT2D eigenvalue weighted by Gasteiger charge is 2.08. The van der Waals surface area contributed by atoms with Crippen molar-refractivity contribution in [2.75, 3.05) is 5.32 Å². The normalized spacial score (nSPS) is 10.4. The largest absolute Gasteiger partial charge is 0.380 e. The summed E-state index contributed by atoms with van der Waals surface area (Å²) in [6.07, 6.45) is 3.04. The molecule has 6 heteroatoms. The van der Waals surface area contributed by atoms with Crippen LogP contribution in [0, 0.1) is 11.6 Å². The Hall–Kier alpha value is -3.28. The maximum absolute atomic E-state index is 13.6. The Morgan fingerprint density at radius 1 is 0.962 bits per heavy atom. The molecule has 0 unspecified atom stereocenters. The topological polar surface area (TPSA) is 54.0 Å². The molecule has 0 aliphatic rings. The Morgan fingerprint density at radius 3 is 2.50 bits per heavy atom. The van der Waals surface area contributed by atoms with E-state index in [-0.39, 0.29) is 24.1 Å². The minimum Gasteiger partial charge on any atom is -0.380 e. The van der Waals surface area contributed by atoms with Crippen LogP contribution in [0.25, 0.3) is 0 Å². The lowest BCUT2D eigenvalue weighted by Crippen LogP contribution is -2.23. The quantitative estimate of drug-likeness (QED) is 0.707. The summed E-state index contributed by atoms with van der Waals surface area (Å²) in [6.45, 7) is 0.570. The van der Waals surface area contributed by atoms with Crippen molar-refractivity contribution in [3.63, 3.8) is 0 Å². The van der Waals surface area contributed by atoms with E-state index in [0.717, 1.165) is 5.56 Å². The number of halogens is 2. The van der Waals surface area contributed by atoms with Crippen molar-refractivity contribution in [1.29, 1.82) is 0 Å². The summed E-state index contributed by atoms with van der Waals surface area (Å²) in [4.78, 5) is 16.3. The van der Waals surface area contributed by atoms with Crippen LogP contribution in [-0.2, 0) is 13.1 Å². The van der Waals surface area contributed by atoms with Crippen molar-refractivity contribution in [3.05, 3.63) is 95.3 Å². The zero-order valence-electron chi connectivity index (χ0n) is 13.9. The lowest BCUT2D eigenvalue weighted by atomic mass is 10.2. The molecule has 1 amide bonds. The van der Waals surface area contributed by atoms with E-state index in [0.29, 0.717) is 23.4 Å². The molecule has 0 saturated carbocycles. The van der Waals surface area contributed by atoms with Gasteiger partial charge in [-0.05, 0) is 29.8 Å². The zero-order chi connectivity index (χ0) is 18.4. The Kier molecular flexibility index (Phi) is 5.53. The molecule has 0 aliphatic carbocycles. The number of aromatic nitrogens is 1. The minimum absolute atomic E-state index is 0.0960. The zero-order valence-corrected chi connectivity index (χ0v) is 13.9. The Bertz CT molecular complexity index is 898. The highest BCUT2D eigenvalue weighted by Crippen LogP contribution is 2.12. The fraction of sp³-hybridized carbons (Fsp3) is 0.100. The van der Waals surface area contributed by atoms with Crippen LogP contribution >= 0.6 is 0 Å². The maximum Gasteiger partial charge on any atom is 0.253 e. The van der Waals surface area contributed by atoms with E-state index < -0.39 is 0 Å². The minimum atomic E-state index is -0.361. The van der Waals surface area contributed by atoms with Gasteiger partial charge >= 0.3 is 0 Å². The number of rotatable bonds is 6. The lowest BCUT2D eigenvalue weighted by molar-refractivity contribution is 0.0950. The second-order valence-electron chi connectivity index (χ2n) is 5.72. The van der Waals surface area contributed by atoms with Crippen LogP contribution in [0.5, 0.6) is 0 Å². The number of benzene rings is 2. The van der Waals surface area contributed by atoms with E-state index in [2.05, 4.69) is 15.6 Å². The highest BCUT2D eigenvalue weighted by atomic mass is 19.1.